The van der Waals surface area contributed by atoms with Crippen molar-refractivity contribution in [3.63, 3.8) is 0 Å². The zero-order chi connectivity index (χ0) is 17.6. The number of hydrogen-bond donors (Lipinski definition) is 1. The van der Waals surface area contributed by atoms with Crippen LogP contribution in [0.25, 0.3) is 0 Å². The largest absolute Gasteiger partial charge is 0.279 e. The van der Waals surface area contributed by atoms with Crippen molar-refractivity contribution < 1.29 is 12.8 Å². The molecule has 0 aliphatic heterocycles. The maximum Gasteiger partial charge on any atom is 0.279 e. The molecule has 0 amide bonds. The number of hydrogen-bond acceptors (Lipinski definition) is 3. The lowest BCUT2D eigenvalue weighted by molar-refractivity contribution is 0.395. The van der Waals surface area contributed by atoms with Gasteiger partial charge in [0.05, 0.1) is 0 Å². The van der Waals surface area contributed by atoms with Crippen molar-refractivity contribution in [2.75, 3.05) is 6.54 Å². The number of pyridine rings is 1. The van der Waals surface area contributed by atoms with Crippen molar-refractivity contribution in [1.82, 2.24) is 14.0 Å². The minimum atomic E-state index is -3.67. The van der Waals surface area contributed by atoms with E-state index in [0.717, 1.165) is 5.56 Å². The second-order valence-corrected chi connectivity index (χ2v) is 7.52. The van der Waals surface area contributed by atoms with Crippen molar-refractivity contribution in [2.45, 2.75) is 32.9 Å². The highest BCUT2D eigenvalue weighted by Gasteiger charge is 2.23. The van der Waals surface area contributed by atoms with Gasteiger partial charge < -0.3 is 0 Å². The van der Waals surface area contributed by atoms with Gasteiger partial charge in [0.2, 0.25) is 0 Å². The molecule has 2 rings (SSSR count). The summed E-state index contributed by atoms with van der Waals surface area (Å²) in [5.74, 6) is -0.326. The van der Waals surface area contributed by atoms with Crippen molar-refractivity contribution in [1.29, 1.82) is 0 Å². The molecule has 0 bridgehead atoms. The molecular weight excluding hydrogens is 329 g/mol. The summed E-state index contributed by atoms with van der Waals surface area (Å²) >= 11 is 0. The van der Waals surface area contributed by atoms with Crippen LogP contribution in [0, 0.1) is 5.82 Å². The van der Waals surface area contributed by atoms with E-state index in [1.54, 1.807) is 50.5 Å². The van der Waals surface area contributed by atoms with Crippen LogP contribution in [0.2, 0.25) is 0 Å². The molecule has 0 saturated heterocycles. The van der Waals surface area contributed by atoms with E-state index in [1.165, 1.54) is 10.4 Å². The van der Waals surface area contributed by atoms with Crippen molar-refractivity contribution in [3.8, 4) is 0 Å². The lowest BCUT2D eigenvalue weighted by Gasteiger charge is -2.24. The number of nitrogens with zero attached hydrogens (tertiary/aromatic N) is 2. The number of benzene rings is 1. The van der Waals surface area contributed by atoms with Gasteiger partial charge in [0.1, 0.15) is 5.82 Å². The van der Waals surface area contributed by atoms with E-state index in [9.17, 15) is 12.8 Å². The SMILES string of the molecule is CC(C)NS(=O)(=O)N(CCc1ccccc1F)Cc1cccnc1. The molecule has 1 N–H and O–H groups in total. The van der Waals surface area contributed by atoms with Crippen LogP contribution in [0.15, 0.2) is 48.8 Å². The fourth-order valence-corrected chi connectivity index (χ4v) is 3.69. The van der Waals surface area contributed by atoms with Gasteiger partial charge in [0.25, 0.3) is 10.2 Å². The third-order valence-electron chi connectivity index (χ3n) is 3.39. The Bertz CT molecular complexity index is 751. The van der Waals surface area contributed by atoms with Crippen LogP contribution in [0.3, 0.4) is 0 Å². The maximum atomic E-state index is 13.8. The van der Waals surface area contributed by atoms with Gasteiger partial charge in [-0.1, -0.05) is 24.3 Å². The lowest BCUT2D eigenvalue weighted by Crippen LogP contribution is -2.44. The Labute approximate surface area is 142 Å². The Morgan fingerprint density at radius 3 is 2.58 bits per heavy atom. The van der Waals surface area contributed by atoms with Crippen molar-refractivity contribution in [3.05, 3.63) is 65.7 Å². The number of nitrogens with one attached hydrogen (secondary N) is 1. The molecule has 0 spiro atoms. The molecule has 2 aromatic rings. The highest BCUT2D eigenvalue weighted by molar-refractivity contribution is 7.87. The number of aromatic nitrogens is 1. The monoisotopic (exact) mass is 351 g/mol. The quantitative estimate of drug-likeness (QED) is 0.795. The first-order valence-corrected chi connectivity index (χ1v) is 9.22. The summed E-state index contributed by atoms with van der Waals surface area (Å²) in [5.41, 5.74) is 1.27. The second kappa shape index (κ2) is 8.32. The van der Waals surface area contributed by atoms with Crippen molar-refractivity contribution in [2.24, 2.45) is 0 Å². The fourth-order valence-electron chi connectivity index (χ4n) is 2.30. The van der Waals surface area contributed by atoms with Crippen molar-refractivity contribution >= 4 is 10.2 Å². The Hall–Kier alpha value is -1.83. The standard InChI is InChI=1S/C17H22FN3O2S/c1-14(2)20-24(22,23)21(13-15-6-5-10-19-12-15)11-9-16-7-3-4-8-17(16)18/h3-8,10,12,14,20H,9,11,13H2,1-2H3. The average molecular weight is 351 g/mol. The van der Waals surface area contributed by atoms with E-state index in [1.807, 2.05) is 6.07 Å². The molecule has 0 atom stereocenters. The Morgan fingerprint density at radius 2 is 1.96 bits per heavy atom. The first-order chi connectivity index (χ1) is 11.4. The number of rotatable bonds is 8. The van der Waals surface area contributed by atoms with Gasteiger partial charge in [-0.2, -0.15) is 17.4 Å². The van der Waals surface area contributed by atoms with Crippen LogP contribution in [0.5, 0.6) is 0 Å². The summed E-state index contributed by atoms with van der Waals surface area (Å²) in [5, 5.41) is 0. The predicted molar refractivity (Wildman–Crippen MR) is 91.9 cm³/mol. The van der Waals surface area contributed by atoms with Gasteiger partial charge in [-0.05, 0) is 43.5 Å². The summed E-state index contributed by atoms with van der Waals surface area (Å²) in [7, 11) is -3.67. The summed E-state index contributed by atoms with van der Waals surface area (Å²) in [6, 6.07) is 9.75. The van der Waals surface area contributed by atoms with E-state index in [-0.39, 0.29) is 24.9 Å². The first-order valence-electron chi connectivity index (χ1n) is 7.78. The van der Waals surface area contributed by atoms with Crippen LogP contribution in [0.1, 0.15) is 25.0 Å². The highest BCUT2D eigenvalue weighted by atomic mass is 32.2. The van der Waals surface area contributed by atoms with Gasteiger partial charge in [-0.3, -0.25) is 4.98 Å². The summed E-state index contributed by atoms with van der Waals surface area (Å²) in [4.78, 5) is 4.01. The van der Waals surface area contributed by atoms with Crippen LogP contribution >= 0.6 is 0 Å². The molecule has 7 heteroatoms. The van der Waals surface area contributed by atoms with E-state index >= 15 is 0 Å². The smallest absolute Gasteiger partial charge is 0.264 e. The van der Waals surface area contributed by atoms with Gasteiger partial charge in [-0.15, -0.1) is 0 Å². The molecule has 1 aromatic carbocycles. The molecule has 0 unspecified atom stereocenters. The topological polar surface area (TPSA) is 62.3 Å². The van der Waals surface area contributed by atoms with Crippen LogP contribution < -0.4 is 4.72 Å². The zero-order valence-electron chi connectivity index (χ0n) is 13.8. The minimum Gasteiger partial charge on any atom is -0.264 e. The molecule has 0 aliphatic carbocycles. The summed E-state index contributed by atoms with van der Waals surface area (Å²) in [6.45, 7) is 3.88. The maximum absolute atomic E-state index is 13.8. The molecule has 0 radical (unpaired) electrons. The fraction of sp³-hybridized carbons (Fsp3) is 0.353. The van der Waals surface area contributed by atoms with E-state index in [2.05, 4.69) is 9.71 Å². The average Bonchev–Trinajstić information content (AvgIpc) is 2.52. The Morgan fingerprint density at radius 1 is 1.21 bits per heavy atom. The molecule has 24 heavy (non-hydrogen) atoms. The zero-order valence-corrected chi connectivity index (χ0v) is 14.6. The minimum absolute atomic E-state index is 0.178. The van der Waals surface area contributed by atoms with Gasteiger partial charge in [-0.25, -0.2) is 4.39 Å². The van der Waals surface area contributed by atoms with Crippen LogP contribution in [0.4, 0.5) is 4.39 Å². The van der Waals surface area contributed by atoms with Gasteiger partial charge >= 0.3 is 0 Å². The normalized spacial score (nSPS) is 12.0. The third-order valence-corrected chi connectivity index (χ3v) is 5.16. The molecule has 5 nitrogen and oxygen atoms in total. The number of halogens is 1. The van der Waals surface area contributed by atoms with Gasteiger partial charge in [0, 0.05) is 31.5 Å². The molecule has 1 aromatic heterocycles. The summed E-state index contributed by atoms with van der Waals surface area (Å²) in [6.07, 6.45) is 3.56. The lowest BCUT2D eigenvalue weighted by atomic mass is 10.1. The molecule has 1 heterocycles. The molecular formula is C17H22FN3O2S. The summed E-state index contributed by atoms with van der Waals surface area (Å²) < 4.78 is 42.8. The third kappa shape index (κ3) is 5.36. The van der Waals surface area contributed by atoms with Crippen LogP contribution in [-0.2, 0) is 23.2 Å². The van der Waals surface area contributed by atoms with E-state index in [4.69, 9.17) is 0 Å². The second-order valence-electron chi connectivity index (χ2n) is 5.81. The first kappa shape index (κ1) is 18.5. The Balaban J connectivity index is 2.17. The Kier molecular flexibility index (Phi) is 6.42. The van der Waals surface area contributed by atoms with Crippen LogP contribution in [-0.4, -0.2) is 30.3 Å². The van der Waals surface area contributed by atoms with E-state index in [0.29, 0.717) is 12.0 Å². The van der Waals surface area contributed by atoms with Gasteiger partial charge in [0.15, 0.2) is 0 Å². The molecule has 0 fully saturated rings. The highest BCUT2D eigenvalue weighted by Crippen LogP contribution is 2.12. The molecule has 0 saturated carbocycles. The molecule has 0 aliphatic rings. The predicted octanol–water partition coefficient (Wildman–Crippen LogP) is 2.51. The molecule has 130 valence electrons. The van der Waals surface area contributed by atoms with E-state index < -0.39 is 10.2 Å².